The van der Waals surface area contributed by atoms with Crippen molar-refractivity contribution in [2.24, 2.45) is 0 Å². The normalized spacial score (nSPS) is 22.0. The first-order chi connectivity index (χ1) is 10.4. The van der Waals surface area contributed by atoms with Crippen molar-refractivity contribution in [1.29, 1.82) is 0 Å². The zero-order valence-electron chi connectivity index (χ0n) is 12.1. The molecule has 2 aliphatic rings. The minimum atomic E-state index is -1.47. The summed E-state index contributed by atoms with van der Waals surface area (Å²) < 4.78 is 6.07. The van der Waals surface area contributed by atoms with Crippen LogP contribution >= 0.6 is 0 Å². The quantitative estimate of drug-likeness (QED) is 0.789. The van der Waals surface area contributed by atoms with E-state index < -0.39 is 9.04 Å². The molecule has 0 bridgehead atoms. The molecule has 22 heavy (non-hydrogen) atoms. The predicted octanol–water partition coefficient (Wildman–Crippen LogP) is 3.41. The number of rotatable bonds is 3. The van der Waals surface area contributed by atoms with Gasteiger partial charge < -0.3 is 4.43 Å². The SMILES string of the molecule is CO[SiH](C1C=Cc2ccccc21)C1C=Cc2ccccc21.[LiH]. The average molecular weight is 298 g/mol. The fourth-order valence-corrected chi connectivity index (χ4v) is 6.65. The second-order valence-electron chi connectivity index (χ2n) is 5.73. The Hall–Kier alpha value is -1.31. The first kappa shape index (κ1) is 15.6. The van der Waals surface area contributed by atoms with E-state index in [1.165, 1.54) is 22.3 Å². The molecule has 0 radical (unpaired) electrons. The van der Waals surface area contributed by atoms with Gasteiger partial charge in [0.25, 0.3) is 0 Å². The minimum absolute atomic E-state index is 0. The molecule has 0 aromatic heterocycles. The van der Waals surface area contributed by atoms with Gasteiger partial charge in [-0.25, -0.2) is 0 Å². The maximum absolute atomic E-state index is 6.07. The van der Waals surface area contributed by atoms with Gasteiger partial charge in [0.1, 0.15) is 0 Å². The first-order valence-electron chi connectivity index (χ1n) is 7.45. The molecule has 2 aromatic rings. The van der Waals surface area contributed by atoms with Crippen LogP contribution in [0.3, 0.4) is 0 Å². The molecule has 0 saturated heterocycles. The summed E-state index contributed by atoms with van der Waals surface area (Å²) in [6.07, 6.45) is 9.20. The summed E-state index contributed by atoms with van der Waals surface area (Å²) in [6, 6.07) is 17.4. The molecule has 0 aliphatic heterocycles. The molecule has 0 N–H and O–H groups in total. The van der Waals surface area contributed by atoms with Crippen molar-refractivity contribution in [3.63, 3.8) is 0 Å². The van der Waals surface area contributed by atoms with Crippen LogP contribution in [0.1, 0.15) is 33.3 Å². The van der Waals surface area contributed by atoms with Crippen LogP contribution in [0.25, 0.3) is 12.2 Å². The van der Waals surface area contributed by atoms with E-state index in [-0.39, 0.29) is 18.9 Å². The fraction of sp³-hybridized carbons (Fsp3) is 0.158. The Balaban J connectivity index is 0.00000144. The second kappa shape index (κ2) is 6.44. The Morgan fingerprint density at radius 2 is 1.23 bits per heavy atom. The van der Waals surface area contributed by atoms with Gasteiger partial charge in [0.05, 0.1) is 0 Å². The molecule has 0 fully saturated rings. The summed E-state index contributed by atoms with van der Waals surface area (Å²) in [6.45, 7) is 0. The molecule has 4 rings (SSSR count). The van der Waals surface area contributed by atoms with E-state index in [1.54, 1.807) is 0 Å². The number of benzene rings is 2. The second-order valence-corrected chi connectivity index (χ2v) is 8.57. The molecule has 106 valence electrons. The van der Waals surface area contributed by atoms with Gasteiger partial charge in [-0.2, -0.15) is 0 Å². The summed E-state index contributed by atoms with van der Waals surface area (Å²) >= 11 is 0. The van der Waals surface area contributed by atoms with Crippen molar-refractivity contribution >= 4 is 40.1 Å². The third-order valence-corrected chi connectivity index (χ3v) is 7.78. The van der Waals surface area contributed by atoms with E-state index in [4.69, 9.17) is 4.43 Å². The molecule has 1 nitrogen and oxygen atoms in total. The molecule has 2 unspecified atom stereocenters. The third kappa shape index (κ3) is 2.47. The van der Waals surface area contributed by atoms with Gasteiger partial charge in [0, 0.05) is 18.2 Å². The zero-order chi connectivity index (χ0) is 14.2. The Morgan fingerprint density at radius 3 is 1.68 bits per heavy atom. The van der Waals surface area contributed by atoms with Crippen LogP contribution in [0.2, 0.25) is 0 Å². The number of fused-ring (bicyclic) bond motifs is 2. The summed E-state index contributed by atoms with van der Waals surface area (Å²) in [5.41, 5.74) is 6.52. The molecule has 2 aromatic carbocycles. The first-order valence-corrected chi connectivity index (χ1v) is 9.26. The zero-order valence-corrected chi connectivity index (χ0v) is 13.2. The van der Waals surface area contributed by atoms with Gasteiger partial charge in [0.2, 0.25) is 0 Å². The standard InChI is InChI=1S/C19H18OSi.Li.H/c1-20-21(18-12-10-14-6-2-4-8-16(14)18)19-13-11-15-7-3-5-9-17(15)19;;/h2-13,18-19,21H,1H3;;. The molecule has 0 amide bonds. The van der Waals surface area contributed by atoms with Gasteiger partial charge in [0.15, 0.2) is 9.04 Å². The van der Waals surface area contributed by atoms with Gasteiger partial charge in [-0.15, -0.1) is 0 Å². The maximum atomic E-state index is 6.07. The van der Waals surface area contributed by atoms with Gasteiger partial charge in [-0.3, -0.25) is 0 Å². The van der Waals surface area contributed by atoms with Crippen molar-refractivity contribution < 1.29 is 4.43 Å². The number of hydrogen-bond donors (Lipinski definition) is 0. The van der Waals surface area contributed by atoms with Crippen molar-refractivity contribution in [2.75, 3.05) is 7.11 Å². The molecule has 3 heteroatoms. The van der Waals surface area contributed by atoms with Crippen molar-refractivity contribution in [1.82, 2.24) is 0 Å². The van der Waals surface area contributed by atoms with E-state index in [1.807, 2.05) is 7.11 Å². The fourth-order valence-electron chi connectivity index (χ4n) is 3.64. The van der Waals surface area contributed by atoms with Crippen LogP contribution in [-0.2, 0) is 4.43 Å². The Kier molecular flexibility index (Phi) is 4.56. The predicted molar refractivity (Wildman–Crippen MR) is 97.7 cm³/mol. The molecule has 0 spiro atoms. The Bertz CT molecular complexity index is 676. The molecule has 2 atom stereocenters. The van der Waals surface area contributed by atoms with Crippen LogP contribution in [0.5, 0.6) is 0 Å². The van der Waals surface area contributed by atoms with Crippen LogP contribution in [-0.4, -0.2) is 35.0 Å². The summed E-state index contributed by atoms with van der Waals surface area (Å²) in [5.74, 6) is 0. The van der Waals surface area contributed by atoms with E-state index in [0.29, 0.717) is 11.1 Å². The van der Waals surface area contributed by atoms with Crippen molar-refractivity contribution in [3.8, 4) is 0 Å². The number of allylic oxidation sites excluding steroid dienone is 2. The van der Waals surface area contributed by atoms with Gasteiger partial charge in [-0.1, -0.05) is 72.8 Å². The Morgan fingerprint density at radius 1 is 0.773 bits per heavy atom. The summed E-state index contributed by atoms with van der Waals surface area (Å²) in [7, 11) is 0.424. The van der Waals surface area contributed by atoms with E-state index in [9.17, 15) is 0 Å². The molecular formula is C19H19LiOSi. The monoisotopic (exact) mass is 298 g/mol. The van der Waals surface area contributed by atoms with Crippen LogP contribution in [0.15, 0.2) is 60.7 Å². The number of hydrogen-bond acceptors (Lipinski definition) is 1. The summed E-state index contributed by atoms with van der Waals surface area (Å²) in [5, 5.41) is 0. The van der Waals surface area contributed by atoms with Gasteiger partial charge >= 0.3 is 18.9 Å². The van der Waals surface area contributed by atoms with Crippen molar-refractivity contribution in [3.05, 3.63) is 82.9 Å². The molecule has 2 aliphatic carbocycles. The van der Waals surface area contributed by atoms with E-state index in [0.717, 1.165) is 0 Å². The molecule has 0 heterocycles. The third-order valence-electron chi connectivity index (χ3n) is 4.66. The topological polar surface area (TPSA) is 9.23 Å². The Labute approximate surface area is 145 Å². The average Bonchev–Trinajstić information content (AvgIpc) is 3.14. The van der Waals surface area contributed by atoms with Crippen LogP contribution < -0.4 is 0 Å². The van der Waals surface area contributed by atoms with Crippen molar-refractivity contribution in [2.45, 2.75) is 11.1 Å². The summed E-state index contributed by atoms with van der Waals surface area (Å²) in [4.78, 5) is 0. The van der Waals surface area contributed by atoms with Crippen LogP contribution in [0, 0.1) is 0 Å². The van der Waals surface area contributed by atoms with Crippen LogP contribution in [0.4, 0.5) is 0 Å². The van der Waals surface area contributed by atoms with E-state index >= 15 is 0 Å². The molecular weight excluding hydrogens is 279 g/mol. The molecule has 0 saturated carbocycles. The van der Waals surface area contributed by atoms with Gasteiger partial charge in [-0.05, 0) is 22.3 Å². The van der Waals surface area contributed by atoms with E-state index in [2.05, 4.69) is 72.8 Å².